The molecule has 0 N–H and O–H groups in total. The summed E-state index contributed by atoms with van der Waals surface area (Å²) < 4.78 is 13.0. The molecule has 11 rings (SSSR count). The molecule has 53 heavy (non-hydrogen) atoms. The van der Waals surface area contributed by atoms with E-state index in [4.69, 9.17) is 13.8 Å². The number of anilines is 3. The molecular weight excluding hydrogens is 649 g/mol. The minimum Gasteiger partial charge on any atom is -0.456 e. The van der Waals surface area contributed by atoms with Crippen molar-refractivity contribution in [3.8, 4) is 22.6 Å². The summed E-state index contributed by atoms with van der Waals surface area (Å²) in [7, 11) is 0. The fraction of sp³-hybridized carbons (Fsp3) is 0. The van der Waals surface area contributed by atoms with E-state index in [1.54, 1.807) is 0 Å². The van der Waals surface area contributed by atoms with Gasteiger partial charge in [-0.05, 0) is 98.7 Å². The van der Waals surface area contributed by atoms with Gasteiger partial charge in [0.05, 0.1) is 0 Å². The molecule has 2 aromatic heterocycles. The SMILES string of the molecule is c1ccc(-c2ccc(-c3nc4ccc5ccc6cc(N(c7ccc8ccccc8c7)c7ccc8c(c7)oc7ccccc78)ccc6c5c4o3)cc2)cc1. The van der Waals surface area contributed by atoms with Gasteiger partial charge in [0.1, 0.15) is 16.7 Å². The van der Waals surface area contributed by atoms with Crippen molar-refractivity contribution in [3.63, 3.8) is 0 Å². The van der Waals surface area contributed by atoms with Crippen LogP contribution in [0.2, 0.25) is 0 Å². The van der Waals surface area contributed by atoms with Crippen molar-refractivity contribution in [2.75, 3.05) is 4.90 Å². The number of hydrogen-bond donors (Lipinski definition) is 0. The van der Waals surface area contributed by atoms with Crippen LogP contribution in [0.3, 0.4) is 0 Å². The van der Waals surface area contributed by atoms with Crippen molar-refractivity contribution >= 4 is 82.4 Å². The largest absolute Gasteiger partial charge is 0.456 e. The lowest BCUT2D eigenvalue weighted by Crippen LogP contribution is -2.09. The number of hydrogen-bond acceptors (Lipinski definition) is 4. The van der Waals surface area contributed by atoms with E-state index in [0.29, 0.717) is 5.89 Å². The van der Waals surface area contributed by atoms with Gasteiger partial charge in [0.25, 0.3) is 0 Å². The Balaban J connectivity index is 1.05. The lowest BCUT2D eigenvalue weighted by atomic mass is 10.00. The lowest BCUT2D eigenvalue weighted by molar-refractivity contribution is 0.623. The van der Waals surface area contributed by atoms with Crippen LogP contribution in [0, 0.1) is 0 Å². The molecule has 248 valence electrons. The van der Waals surface area contributed by atoms with Gasteiger partial charge in [-0.3, -0.25) is 0 Å². The number of fused-ring (bicyclic) bond motifs is 9. The van der Waals surface area contributed by atoms with Gasteiger partial charge in [-0.15, -0.1) is 0 Å². The average Bonchev–Trinajstić information content (AvgIpc) is 3.83. The summed E-state index contributed by atoms with van der Waals surface area (Å²) in [5, 5.41) is 9.02. The minimum absolute atomic E-state index is 0.615. The molecule has 0 spiro atoms. The first kappa shape index (κ1) is 29.5. The van der Waals surface area contributed by atoms with Gasteiger partial charge in [-0.2, -0.15) is 0 Å². The van der Waals surface area contributed by atoms with Crippen LogP contribution in [0.4, 0.5) is 17.1 Å². The molecule has 0 saturated heterocycles. The zero-order valence-corrected chi connectivity index (χ0v) is 28.5. The fourth-order valence-electron chi connectivity index (χ4n) is 7.83. The van der Waals surface area contributed by atoms with E-state index in [2.05, 4.69) is 169 Å². The maximum Gasteiger partial charge on any atom is 0.227 e. The third kappa shape index (κ3) is 4.88. The van der Waals surface area contributed by atoms with Crippen molar-refractivity contribution in [2.24, 2.45) is 0 Å². The van der Waals surface area contributed by atoms with E-state index < -0.39 is 0 Å². The predicted octanol–water partition coefficient (Wildman–Crippen LogP) is 14.0. The van der Waals surface area contributed by atoms with Crippen LogP contribution in [0.15, 0.2) is 191 Å². The van der Waals surface area contributed by atoms with Gasteiger partial charge < -0.3 is 13.7 Å². The van der Waals surface area contributed by atoms with E-state index in [1.165, 1.54) is 16.3 Å². The van der Waals surface area contributed by atoms with Gasteiger partial charge in [0.15, 0.2) is 5.58 Å². The van der Waals surface area contributed by atoms with Crippen molar-refractivity contribution in [1.82, 2.24) is 4.98 Å². The molecule has 4 heteroatoms. The average molecular weight is 679 g/mol. The number of benzene rings is 9. The van der Waals surface area contributed by atoms with Gasteiger partial charge in [0.2, 0.25) is 5.89 Å². The molecule has 0 aliphatic heterocycles. The summed E-state index contributed by atoms with van der Waals surface area (Å²) in [6.45, 7) is 0. The number of furan rings is 1. The molecule has 0 radical (unpaired) electrons. The zero-order valence-electron chi connectivity index (χ0n) is 28.5. The molecule has 0 saturated carbocycles. The second-order valence-electron chi connectivity index (χ2n) is 13.6. The van der Waals surface area contributed by atoms with Crippen LogP contribution in [0.25, 0.3) is 87.9 Å². The van der Waals surface area contributed by atoms with Crippen LogP contribution >= 0.6 is 0 Å². The normalized spacial score (nSPS) is 11.8. The smallest absolute Gasteiger partial charge is 0.227 e. The number of oxazole rings is 1. The molecule has 0 unspecified atom stereocenters. The number of nitrogens with zero attached hydrogens (tertiary/aromatic N) is 2. The molecule has 2 heterocycles. The van der Waals surface area contributed by atoms with Gasteiger partial charge in [0, 0.05) is 44.9 Å². The van der Waals surface area contributed by atoms with Crippen LogP contribution < -0.4 is 4.90 Å². The summed E-state index contributed by atoms with van der Waals surface area (Å²) in [4.78, 5) is 7.26. The molecule has 0 bridgehead atoms. The molecule has 0 amide bonds. The Kier molecular flexibility index (Phi) is 6.52. The third-order valence-electron chi connectivity index (χ3n) is 10.4. The van der Waals surface area contributed by atoms with E-state index in [1.807, 2.05) is 18.2 Å². The Morgan fingerprint density at radius 1 is 0.377 bits per heavy atom. The predicted molar refractivity (Wildman–Crippen MR) is 219 cm³/mol. The summed E-state index contributed by atoms with van der Waals surface area (Å²) in [5.74, 6) is 0.615. The molecular formula is C49H30N2O2. The van der Waals surface area contributed by atoms with Crippen LogP contribution in [0.1, 0.15) is 0 Å². The van der Waals surface area contributed by atoms with Crippen LogP contribution in [-0.4, -0.2) is 4.98 Å². The molecule has 0 fully saturated rings. The van der Waals surface area contributed by atoms with Crippen molar-refractivity contribution in [2.45, 2.75) is 0 Å². The molecule has 0 atom stereocenters. The first-order chi connectivity index (χ1) is 26.2. The fourth-order valence-corrected chi connectivity index (χ4v) is 7.83. The molecule has 0 aliphatic carbocycles. The van der Waals surface area contributed by atoms with Crippen molar-refractivity contribution in [3.05, 3.63) is 182 Å². The highest BCUT2D eigenvalue weighted by Crippen LogP contribution is 2.42. The monoisotopic (exact) mass is 678 g/mol. The molecule has 0 aliphatic rings. The topological polar surface area (TPSA) is 42.4 Å². The second-order valence-corrected chi connectivity index (χ2v) is 13.6. The van der Waals surface area contributed by atoms with Gasteiger partial charge in [-0.1, -0.05) is 115 Å². The maximum atomic E-state index is 6.61. The Labute approximate surface area is 304 Å². The van der Waals surface area contributed by atoms with Crippen LogP contribution in [-0.2, 0) is 0 Å². The van der Waals surface area contributed by atoms with Gasteiger partial charge >= 0.3 is 0 Å². The number of rotatable bonds is 5. The second kappa shape index (κ2) is 11.7. The number of para-hydroxylation sites is 1. The highest BCUT2D eigenvalue weighted by molar-refractivity contribution is 6.18. The van der Waals surface area contributed by atoms with E-state index in [0.717, 1.165) is 82.8 Å². The molecule has 4 nitrogen and oxygen atoms in total. The summed E-state index contributed by atoms with van der Waals surface area (Å²) >= 11 is 0. The third-order valence-corrected chi connectivity index (χ3v) is 10.4. The summed E-state index contributed by atoms with van der Waals surface area (Å²) in [6.07, 6.45) is 0. The first-order valence-corrected chi connectivity index (χ1v) is 17.9. The zero-order chi connectivity index (χ0) is 34.9. The Morgan fingerprint density at radius 2 is 0.981 bits per heavy atom. The first-order valence-electron chi connectivity index (χ1n) is 17.9. The Bertz CT molecular complexity index is 3180. The van der Waals surface area contributed by atoms with Gasteiger partial charge in [-0.25, -0.2) is 4.98 Å². The summed E-state index contributed by atoms with van der Waals surface area (Å²) in [5.41, 5.74) is 9.82. The highest BCUT2D eigenvalue weighted by atomic mass is 16.3. The number of aromatic nitrogens is 1. The Morgan fingerprint density at radius 3 is 1.85 bits per heavy atom. The summed E-state index contributed by atoms with van der Waals surface area (Å²) in [6, 6.07) is 64.0. The minimum atomic E-state index is 0.615. The molecule has 11 aromatic rings. The Hall–Kier alpha value is -7.17. The maximum absolute atomic E-state index is 6.61. The van der Waals surface area contributed by atoms with E-state index in [9.17, 15) is 0 Å². The van der Waals surface area contributed by atoms with Crippen molar-refractivity contribution < 1.29 is 8.83 Å². The standard InChI is InChI=1S/C49H30N2O2/c1-2-8-31(9-3-1)33-14-17-35(18-15-33)49-50-44-27-21-34-16-19-37-29-39(23-25-41(37)47(34)48(44)53-49)51(38-22-20-32-10-4-5-11-36(32)28-38)40-24-26-43-42-12-6-7-13-45(42)52-46(43)30-40/h1-30H. The lowest BCUT2D eigenvalue weighted by Gasteiger charge is -2.26. The van der Waals surface area contributed by atoms with Crippen LogP contribution in [0.5, 0.6) is 0 Å². The quantitative estimate of drug-likeness (QED) is 0.170. The molecule has 9 aromatic carbocycles. The van der Waals surface area contributed by atoms with E-state index >= 15 is 0 Å². The van der Waals surface area contributed by atoms with Crippen molar-refractivity contribution in [1.29, 1.82) is 0 Å². The van der Waals surface area contributed by atoms with E-state index in [-0.39, 0.29) is 0 Å². The highest BCUT2D eigenvalue weighted by Gasteiger charge is 2.19.